The SMILES string of the molecule is COc1ccccc1C(=O)N1CCC(c2c[nH]c3ccc(F)cc23)CC1. The Bertz CT molecular complexity index is 942. The van der Waals surface area contributed by atoms with Crippen LogP contribution in [0.5, 0.6) is 5.75 Å². The van der Waals surface area contributed by atoms with E-state index in [4.69, 9.17) is 4.74 Å². The number of piperidine rings is 1. The number of halogens is 1. The Hall–Kier alpha value is -2.82. The van der Waals surface area contributed by atoms with Gasteiger partial charge in [0.05, 0.1) is 12.7 Å². The number of amides is 1. The molecule has 2 heterocycles. The van der Waals surface area contributed by atoms with Crippen molar-refractivity contribution >= 4 is 16.8 Å². The number of hydrogen-bond donors (Lipinski definition) is 1. The van der Waals surface area contributed by atoms with Gasteiger partial charge in [0.25, 0.3) is 5.91 Å². The average Bonchev–Trinajstić information content (AvgIpc) is 3.10. The van der Waals surface area contributed by atoms with Crippen LogP contribution in [0, 0.1) is 5.82 Å². The maximum Gasteiger partial charge on any atom is 0.257 e. The van der Waals surface area contributed by atoms with Crippen molar-refractivity contribution in [1.82, 2.24) is 9.88 Å². The topological polar surface area (TPSA) is 45.3 Å². The molecule has 0 saturated carbocycles. The van der Waals surface area contributed by atoms with E-state index in [-0.39, 0.29) is 11.7 Å². The zero-order valence-electron chi connectivity index (χ0n) is 14.7. The summed E-state index contributed by atoms with van der Waals surface area (Å²) < 4.78 is 18.9. The van der Waals surface area contributed by atoms with E-state index in [9.17, 15) is 9.18 Å². The van der Waals surface area contributed by atoms with Gasteiger partial charge < -0.3 is 14.6 Å². The van der Waals surface area contributed by atoms with Crippen molar-refractivity contribution in [1.29, 1.82) is 0 Å². The van der Waals surface area contributed by atoms with Crippen molar-refractivity contribution in [2.75, 3.05) is 20.2 Å². The molecule has 5 heteroatoms. The fraction of sp³-hybridized carbons (Fsp3) is 0.286. The minimum atomic E-state index is -0.220. The highest BCUT2D eigenvalue weighted by molar-refractivity contribution is 5.97. The van der Waals surface area contributed by atoms with Crippen LogP contribution in [-0.4, -0.2) is 36.0 Å². The minimum Gasteiger partial charge on any atom is -0.496 e. The number of carbonyl (C=O) groups excluding carboxylic acids is 1. The summed E-state index contributed by atoms with van der Waals surface area (Å²) in [5.74, 6) is 0.715. The van der Waals surface area contributed by atoms with Crippen LogP contribution in [0.25, 0.3) is 10.9 Å². The highest BCUT2D eigenvalue weighted by Gasteiger charge is 2.27. The highest BCUT2D eigenvalue weighted by atomic mass is 19.1. The average molecular weight is 352 g/mol. The van der Waals surface area contributed by atoms with E-state index >= 15 is 0 Å². The first kappa shape index (κ1) is 16.6. The summed E-state index contributed by atoms with van der Waals surface area (Å²) in [6.07, 6.45) is 3.71. The third-order valence-corrected chi connectivity index (χ3v) is 5.24. The molecular weight excluding hydrogens is 331 g/mol. The normalized spacial score (nSPS) is 15.4. The van der Waals surface area contributed by atoms with Gasteiger partial charge >= 0.3 is 0 Å². The molecule has 134 valence electrons. The van der Waals surface area contributed by atoms with Crippen LogP contribution in [0.2, 0.25) is 0 Å². The third-order valence-electron chi connectivity index (χ3n) is 5.24. The number of ether oxygens (including phenoxy) is 1. The van der Waals surface area contributed by atoms with Gasteiger partial charge in [-0.3, -0.25) is 4.79 Å². The molecule has 4 rings (SSSR count). The predicted octanol–water partition coefficient (Wildman–Crippen LogP) is 4.34. The second-order valence-corrected chi connectivity index (χ2v) is 6.70. The van der Waals surface area contributed by atoms with Crippen LogP contribution in [0.1, 0.15) is 34.7 Å². The Morgan fingerprint density at radius 2 is 1.96 bits per heavy atom. The van der Waals surface area contributed by atoms with Gasteiger partial charge in [-0.15, -0.1) is 0 Å². The molecule has 2 aromatic carbocycles. The van der Waals surface area contributed by atoms with E-state index in [0.717, 1.165) is 29.3 Å². The van der Waals surface area contributed by atoms with Crippen molar-refractivity contribution in [2.45, 2.75) is 18.8 Å². The minimum absolute atomic E-state index is 0.00544. The van der Waals surface area contributed by atoms with E-state index < -0.39 is 0 Å². The van der Waals surface area contributed by atoms with Crippen LogP contribution in [0.4, 0.5) is 4.39 Å². The lowest BCUT2D eigenvalue weighted by Gasteiger charge is -2.32. The number of hydrogen-bond acceptors (Lipinski definition) is 2. The van der Waals surface area contributed by atoms with Crippen LogP contribution in [0.3, 0.4) is 0 Å². The van der Waals surface area contributed by atoms with Crippen molar-refractivity contribution in [3.63, 3.8) is 0 Å². The second-order valence-electron chi connectivity index (χ2n) is 6.70. The maximum atomic E-state index is 13.6. The zero-order valence-corrected chi connectivity index (χ0v) is 14.7. The molecule has 26 heavy (non-hydrogen) atoms. The monoisotopic (exact) mass is 352 g/mol. The number of carbonyl (C=O) groups is 1. The molecule has 0 aliphatic carbocycles. The van der Waals surface area contributed by atoms with E-state index in [1.807, 2.05) is 23.2 Å². The van der Waals surface area contributed by atoms with Crippen molar-refractivity contribution in [3.8, 4) is 5.75 Å². The first-order valence-corrected chi connectivity index (χ1v) is 8.86. The number of likely N-dealkylation sites (tertiary alicyclic amines) is 1. The van der Waals surface area contributed by atoms with Crippen molar-refractivity contribution < 1.29 is 13.9 Å². The van der Waals surface area contributed by atoms with Gasteiger partial charge in [-0.25, -0.2) is 4.39 Å². The van der Waals surface area contributed by atoms with Crippen molar-refractivity contribution in [2.24, 2.45) is 0 Å². The number of fused-ring (bicyclic) bond motifs is 1. The van der Waals surface area contributed by atoms with Gasteiger partial charge in [-0.2, -0.15) is 0 Å². The standard InChI is InChI=1S/C21H21FN2O2/c1-26-20-5-3-2-4-16(20)21(25)24-10-8-14(9-11-24)18-13-23-19-7-6-15(22)12-17(18)19/h2-7,12-14,23H,8-11H2,1H3. The van der Waals surface area contributed by atoms with Gasteiger partial charge in [0, 0.05) is 30.2 Å². The summed E-state index contributed by atoms with van der Waals surface area (Å²) in [6, 6.07) is 12.1. The molecular formula is C21H21FN2O2. The lowest BCUT2D eigenvalue weighted by molar-refractivity contribution is 0.0710. The Labute approximate surface area is 151 Å². The summed E-state index contributed by atoms with van der Waals surface area (Å²) in [6.45, 7) is 1.37. The fourth-order valence-electron chi connectivity index (χ4n) is 3.84. The smallest absolute Gasteiger partial charge is 0.257 e. The van der Waals surface area contributed by atoms with Crippen molar-refractivity contribution in [3.05, 3.63) is 65.6 Å². The molecule has 1 N–H and O–H groups in total. The lowest BCUT2D eigenvalue weighted by Crippen LogP contribution is -2.38. The molecule has 1 aliphatic rings. The molecule has 0 unspecified atom stereocenters. The summed E-state index contributed by atoms with van der Waals surface area (Å²) in [5.41, 5.74) is 2.69. The number of para-hydroxylation sites is 1. The predicted molar refractivity (Wildman–Crippen MR) is 99.1 cm³/mol. The van der Waals surface area contributed by atoms with Crippen LogP contribution in [-0.2, 0) is 0 Å². The molecule has 0 atom stereocenters. The summed E-state index contributed by atoms with van der Waals surface area (Å²) in [4.78, 5) is 17.9. The summed E-state index contributed by atoms with van der Waals surface area (Å²) in [7, 11) is 1.58. The third kappa shape index (κ3) is 2.94. The quantitative estimate of drug-likeness (QED) is 0.762. The molecule has 0 spiro atoms. The van der Waals surface area contributed by atoms with E-state index in [0.29, 0.717) is 30.3 Å². The summed E-state index contributed by atoms with van der Waals surface area (Å²) >= 11 is 0. The molecule has 0 bridgehead atoms. The largest absolute Gasteiger partial charge is 0.496 e. The van der Waals surface area contributed by atoms with Gasteiger partial charge in [-0.05, 0) is 54.7 Å². The number of aromatic nitrogens is 1. The molecule has 0 radical (unpaired) electrons. The lowest BCUT2D eigenvalue weighted by atomic mass is 9.89. The van der Waals surface area contributed by atoms with Crippen LogP contribution >= 0.6 is 0 Å². The summed E-state index contributed by atoms with van der Waals surface area (Å²) in [5, 5.41) is 0.944. The zero-order chi connectivity index (χ0) is 18.1. The van der Waals surface area contributed by atoms with Gasteiger partial charge in [0.1, 0.15) is 11.6 Å². The Morgan fingerprint density at radius 3 is 2.73 bits per heavy atom. The first-order chi connectivity index (χ1) is 12.7. The van der Waals surface area contributed by atoms with Crippen LogP contribution in [0.15, 0.2) is 48.7 Å². The van der Waals surface area contributed by atoms with E-state index in [1.54, 1.807) is 31.4 Å². The molecule has 1 amide bonds. The number of nitrogens with zero attached hydrogens (tertiary/aromatic N) is 1. The Balaban J connectivity index is 1.50. The number of aromatic amines is 1. The molecule has 4 nitrogen and oxygen atoms in total. The highest BCUT2D eigenvalue weighted by Crippen LogP contribution is 2.34. The number of methoxy groups -OCH3 is 1. The van der Waals surface area contributed by atoms with Crippen LogP contribution < -0.4 is 4.74 Å². The molecule has 1 fully saturated rings. The first-order valence-electron chi connectivity index (χ1n) is 8.86. The van der Waals surface area contributed by atoms with Gasteiger partial charge in [0.15, 0.2) is 0 Å². The number of H-pyrrole nitrogens is 1. The molecule has 1 aromatic heterocycles. The fourth-order valence-corrected chi connectivity index (χ4v) is 3.84. The number of nitrogens with one attached hydrogen (secondary N) is 1. The van der Waals surface area contributed by atoms with Gasteiger partial charge in [-0.1, -0.05) is 12.1 Å². The van der Waals surface area contributed by atoms with E-state index in [2.05, 4.69) is 4.98 Å². The molecule has 1 aliphatic heterocycles. The maximum absolute atomic E-state index is 13.6. The van der Waals surface area contributed by atoms with Gasteiger partial charge in [0.2, 0.25) is 0 Å². The Morgan fingerprint density at radius 1 is 1.19 bits per heavy atom. The number of rotatable bonds is 3. The van der Waals surface area contributed by atoms with E-state index in [1.165, 1.54) is 6.07 Å². The Kier molecular flexibility index (Phi) is 4.37. The number of benzene rings is 2. The molecule has 1 saturated heterocycles. The second kappa shape index (κ2) is 6.83. The molecule has 3 aromatic rings.